The molecule has 0 radical (unpaired) electrons. The second-order valence-corrected chi connectivity index (χ2v) is 6.08. The number of aryl methyl sites for hydroxylation is 1. The molecule has 2 N–H and O–H groups in total. The van der Waals surface area contributed by atoms with Gasteiger partial charge in [0.2, 0.25) is 0 Å². The van der Waals surface area contributed by atoms with Crippen LogP contribution >= 0.6 is 0 Å². The number of ether oxygens (including phenoxy) is 2. The van der Waals surface area contributed by atoms with Crippen LogP contribution in [0.5, 0.6) is 11.5 Å². The fourth-order valence-corrected chi connectivity index (χ4v) is 2.95. The zero-order valence-corrected chi connectivity index (χ0v) is 14.7. The number of hydrogen-bond donors (Lipinski definition) is 1. The summed E-state index contributed by atoms with van der Waals surface area (Å²) in [7, 11) is 1.58. The molecule has 25 heavy (non-hydrogen) atoms. The van der Waals surface area contributed by atoms with Gasteiger partial charge in [-0.15, -0.1) is 0 Å². The molecule has 1 amide bonds. The van der Waals surface area contributed by atoms with Crippen molar-refractivity contribution in [3.63, 3.8) is 0 Å². The molecule has 0 unspecified atom stereocenters. The summed E-state index contributed by atoms with van der Waals surface area (Å²) in [5.74, 6) is 1.13. The van der Waals surface area contributed by atoms with Crippen LogP contribution < -0.4 is 15.2 Å². The van der Waals surface area contributed by atoms with E-state index in [1.165, 1.54) is 0 Å². The van der Waals surface area contributed by atoms with Gasteiger partial charge >= 0.3 is 0 Å². The Kier molecular flexibility index (Phi) is 5.23. The number of nitrogens with zero attached hydrogens (tertiary/aromatic N) is 3. The van der Waals surface area contributed by atoms with Gasteiger partial charge in [0.05, 0.1) is 43.8 Å². The maximum Gasteiger partial charge on any atom is 0.258 e. The van der Waals surface area contributed by atoms with E-state index >= 15 is 0 Å². The predicted molar refractivity (Wildman–Crippen MR) is 93.9 cm³/mol. The molecule has 3 rings (SSSR count). The number of fused-ring (bicyclic) bond motifs is 1. The van der Waals surface area contributed by atoms with Crippen LogP contribution in [0.15, 0.2) is 24.3 Å². The van der Waals surface area contributed by atoms with Crippen LogP contribution in [0.4, 0.5) is 0 Å². The van der Waals surface area contributed by atoms with Gasteiger partial charge in [-0.1, -0.05) is 0 Å². The van der Waals surface area contributed by atoms with Gasteiger partial charge < -0.3 is 20.1 Å². The van der Waals surface area contributed by atoms with Crippen LogP contribution in [0.3, 0.4) is 0 Å². The largest absolute Gasteiger partial charge is 0.497 e. The highest BCUT2D eigenvalue weighted by atomic mass is 16.5. The highest BCUT2D eigenvalue weighted by Crippen LogP contribution is 2.27. The fraction of sp³-hybridized carbons (Fsp3) is 0.444. The van der Waals surface area contributed by atoms with Crippen molar-refractivity contribution >= 4 is 5.91 Å². The Balaban J connectivity index is 1.82. The molecule has 1 aromatic heterocycles. The Morgan fingerprint density at radius 2 is 2.16 bits per heavy atom. The molecule has 0 atom stereocenters. The first-order valence-corrected chi connectivity index (χ1v) is 8.46. The Labute approximate surface area is 147 Å². The van der Waals surface area contributed by atoms with Gasteiger partial charge in [-0.3, -0.25) is 9.48 Å². The number of carbonyl (C=O) groups is 1. The zero-order valence-electron chi connectivity index (χ0n) is 14.7. The van der Waals surface area contributed by atoms with Gasteiger partial charge in [-0.2, -0.15) is 5.10 Å². The van der Waals surface area contributed by atoms with E-state index in [-0.39, 0.29) is 5.91 Å². The smallest absolute Gasteiger partial charge is 0.258 e. The number of aromatic nitrogens is 2. The SMILES string of the molecule is COc1ccc(OCCCN)c(C(=O)N2CCn3nc(C)cc3C2)c1. The Hall–Kier alpha value is -2.54. The lowest BCUT2D eigenvalue weighted by Gasteiger charge is -2.28. The molecule has 2 aromatic rings. The van der Waals surface area contributed by atoms with Crippen LogP contribution in [0, 0.1) is 6.92 Å². The average Bonchev–Trinajstić information content (AvgIpc) is 3.00. The van der Waals surface area contributed by atoms with E-state index < -0.39 is 0 Å². The molecule has 7 heteroatoms. The van der Waals surface area contributed by atoms with Crippen molar-refractivity contribution < 1.29 is 14.3 Å². The molecular formula is C18H24N4O3. The molecular weight excluding hydrogens is 320 g/mol. The molecule has 0 saturated carbocycles. The predicted octanol–water partition coefficient (Wildman–Crippen LogP) is 1.58. The van der Waals surface area contributed by atoms with Crippen LogP contribution in [0.2, 0.25) is 0 Å². The molecule has 1 aliphatic heterocycles. The number of nitrogens with two attached hydrogens (primary N) is 1. The van der Waals surface area contributed by atoms with Crippen LogP contribution in [-0.2, 0) is 13.1 Å². The number of benzene rings is 1. The van der Waals surface area contributed by atoms with Crippen molar-refractivity contribution in [1.82, 2.24) is 14.7 Å². The number of amides is 1. The maximum atomic E-state index is 13.1. The van der Waals surface area contributed by atoms with Gasteiger partial charge in [0.1, 0.15) is 11.5 Å². The molecule has 0 spiro atoms. The summed E-state index contributed by atoms with van der Waals surface area (Å²) < 4.78 is 13.0. The molecule has 1 aromatic carbocycles. The summed E-state index contributed by atoms with van der Waals surface area (Å²) in [5.41, 5.74) is 8.05. The second kappa shape index (κ2) is 7.57. The normalized spacial score (nSPS) is 13.5. The highest BCUT2D eigenvalue weighted by molar-refractivity contribution is 5.97. The van der Waals surface area contributed by atoms with Crippen molar-refractivity contribution in [2.45, 2.75) is 26.4 Å². The van der Waals surface area contributed by atoms with Gasteiger partial charge in [0.15, 0.2) is 0 Å². The van der Waals surface area contributed by atoms with Crippen molar-refractivity contribution in [3.05, 3.63) is 41.2 Å². The van der Waals surface area contributed by atoms with Crippen LogP contribution in [-0.4, -0.2) is 47.4 Å². The van der Waals surface area contributed by atoms with Crippen molar-refractivity contribution in [2.75, 3.05) is 26.8 Å². The number of carbonyl (C=O) groups excluding carboxylic acids is 1. The minimum Gasteiger partial charge on any atom is -0.497 e. The first-order chi connectivity index (χ1) is 12.1. The van der Waals surface area contributed by atoms with E-state index in [4.69, 9.17) is 15.2 Å². The van der Waals surface area contributed by atoms with E-state index in [9.17, 15) is 4.79 Å². The quantitative estimate of drug-likeness (QED) is 0.805. The molecule has 134 valence electrons. The lowest BCUT2D eigenvalue weighted by atomic mass is 10.1. The summed E-state index contributed by atoms with van der Waals surface area (Å²) in [6.45, 7) is 4.85. The summed E-state index contributed by atoms with van der Waals surface area (Å²) in [6, 6.07) is 7.32. The van der Waals surface area contributed by atoms with E-state index in [0.29, 0.717) is 49.8 Å². The van der Waals surface area contributed by atoms with Crippen molar-refractivity contribution in [3.8, 4) is 11.5 Å². The van der Waals surface area contributed by atoms with Crippen molar-refractivity contribution in [2.24, 2.45) is 5.73 Å². The fourth-order valence-electron chi connectivity index (χ4n) is 2.95. The third kappa shape index (κ3) is 3.76. The molecule has 0 bridgehead atoms. The van der Waals surface area contributed by atoms with Gasteiger partial charge in [-0.25, -0.2) is 0 Å². The Morgan fingerprint density at radius 1 is 1.32 bits per heavy atom. The van der Waals surface area contributed by atoms with Gasteiger partial charge in [0, 0.05) is 6.54 Å². The first kappa shape index (κ1) is 17.3. The number of rotatable bonds is 6. The standard InChI is InChI=1S/C18H24N4O3/c1-13-10-14-12-21(7-8-22(14)20-13)18(23)16-11-15(24-2)4-5-17(16)25-9-3-6-19/h4-5,10-11H,3,6-9,12,19H2,1-2H3. The molecule has 7 nitrogen and oxygen atoms in total. The summed E-state index contributed by atoms with van der Waals surface area (Å²) in [4.78, 5) is 14.9. The molecule has 2 heterocycles. The third-order valence-corrected chi connectivity index (χ3v) is 4.23. The summed E-state index contributed by atoms with van der Waals surface area (Å²) in [6.07, 6.45) is 0.738. The Bertz CT molecular complexity index is 757. The minimum absolute atomic E-state index is 0.0632. The first-order valence-electron chi connectivity index (χ1n) is 8.46. The molecule has 0 fully saturated rings. The van der Waals surface area contributed by atoms with E-state index in [2.05, 4.69) is 5.10 Å². The topological polar surface area (TPSA) is 82.6 Å². The van der Waals surface area contributed by atoms with Crippen LogP contribution in [0.25, 0.3) is 0 Å². The second-order valence-electron chi connectivity index (χ2n) is 6.08. The zero-order chi connectivity index (χ0) is 17.8. The lowest BCUT2D eigenvalue weighted by Crippen LogP contribution is -2.38. The Morgan fingerprint density at radius 3 is 2.92 bits per heavy atom. The maximum absolute atomic E-state index is 13.1. The minimum atomic E-state index is -0.0632. The molecule has 0 saturated heterocycles. The van der Waals surface area contributed by atoms with Gasteiger partial charge in [-0.05, 0) is 44.2 Å². The molecule has 1 aliphatic rings. The third-order valence-electron chi connectivity index (χ3n) is 4.23. The average molecular weight is 344 g/mol. The number of hydrogen-bond acceptors (Lipinski definition) is 5. The van der Waals surface area contributed by atoms with E-state index in [0.717, 1.165) is 17.8 Å². The summed E-state index contributed by atoms with van der Waals surface area (Å²) in [5, 5.41) is 4.43. The monoisotopic (exact) mass is 344 g/mol. The van der Waals surface area contributed by atoms with E-state index in [1.807, 2.05) is 22.6 Å². The highest BCUT2D eigenvalue weighted by Gasteiger charge is 2.25. The van der Waals surface area contributed by atoms with E-state index in [1.54, 1.807) is 25.3 Å². The van der Waals surface area contributed by atoms with Crippen LogP contribution in [0.1, 0.15) is 28.2 Å². The van der Waals surface area contributed by atoms with Crippen molar-refractivity contribution in [1.29, 1.82) is 0 Å². The lowest BCUT2D eigenvalue weighted by molar-refractivity contribution is 0.0701. The molecule has 0 aliphatic carbocycles. The number of methoxy groups -OCH3 is 1. The summed E-state index contributed by atoms with van der Waals surface area (Å²) >= 11 is 0. The van der Waals surface area contributed by atoms with Gasteiger partial charge in [0.25, 0.3) is 5.91 Å².